The van der Waals surface area contributed by atoms with E-state index in [9.17, 15) is 14.0 Å². The molecule has 6 nitrogen and oxygen atoms in total. The molecule has 0 heterocycles. The molecule has 1 amide bonds. The first-order valence-corrected chi connectivity index (χ1v) is 11.7. The summed E-state index contributed by atoms with van der Waals surface area (Å²) in [5, 5.41) is 2.76. The zero-order chi connectivity index (χ0) is 24.0. The van der Waals surface area contributed by atoms with Crippen LogP contribution >= 0.6 is 0 Å². The number of nitrogens with one attached hydrogen (secondary N) is 1. The van der Waals surface area contributed by atoms with Crippen molar-refractivity contribution >= 4 is 12.1 Å². The van der Waals surface area contributed by atoms with Gasteiger partial charge in [-0.3, -0.25) is 14.1 Å². The second kappa shape index (κ2) is 14.8. The monoisotopic (exact) mass is 452 g/mol. The van der Waals surface area contributed by atoms with Gasteiger partial charge in [-0.05, 0) is 52.6 Å². The number of alkyl halides is 1. The van der Waals surface area contributed by atoms with Crippen LogP contribution in [0.15, 0.2) is 30.3 Å². The minimum atomic E-state index is -0.640. The molecule has 1 rings (SSSR count). The van der Waals surface area contributed by atoms with Crippen LogP contribution in [0.3, 0.4) is 0 Å². The second-order valence-corrected chi connectivity index (χ2v) is 9.15. The molecule has 0 aliphatic carbocycles. The highest BCUT2D eigenvalue weighted by molar-refractivity contribution is 5.75. The lowest BCUT2D eigenvalue weighted by Gasteiger charge is -2.32. The van der Waals surface area contributed by atoms with Crippen molar-refractivity contribution in [3.63, 3.8) is 0 Å². The first-order chi connectivity index (χ1) is 15.2. The van der Waals surface area contributed by atoms with Crippen molar-refractivity contribution in [3.8, 4) is 0 Å². The largest absolute Gasteiger partial charge is 0.460 e. The first-order valence-electron chi connectivity index (χ1n) is 11.7. The Bertz CT molecular complexity index is 664. The lowest BCUT2D eigenvalue weighted by molar-refractivity contribution is -0.151. The smallest absolute Gasteiger partial charge is 0.407 e. The second-order valence-electron chi connectivity index (χ2n) is 9.15. The molecule has 0 aliphatic rings. The third kappa shape index (κ3) is 12.0. The van der Waals surface area contributed by atoms with E-state index < -0.39 is 30.5 Å². The molecule has 0 saturated carbocycles. The van der Waals surface area contributed by atoms with Crippen molar-refractivity contribution in [2.75, 3.05) is 19.8 Å². The van der Waals surface area contributed by atoms with E-state index in [4.69, 9.17) is 9.47 Å². The Balaban J connectivity index is 2.79. The summed E-state index contributed by atoms with van der Waals surface area (Å²) in [4.78, 5) is 26.9. The van der Waals surface area contributed by atoms with Crippen LogP contribution in [0.5, 0.6) is 0 Å². The van der Waals surface area contributed by atoms with Crippen LogP contribution in [0.1, 0.15) is 72.3 Å². The fraction of sp³-hybridized carbons (Fsp3) is 0.680. The molecular formula is C25H41FN2O4. The average Bonchev–Trinajstić information content (AvgIpc) is 2.73. The van der Waals surface area contributed by atoms with Crippen molar-refractivity contribution < 1.29 is 23.5 Å². The summed E-state index contributed by atoms with van der Waals surface area (Å²) >= 11 is 0. The number of amides is 1. The molecule has 1 aromatic carbocycles. The van der Waals surface area contributed by atoms with Crippen molar-refractivity contribution in [1.82, 2.24) is 10.2 Å². The van der Waals surface area contributed by atoms with Gasteiger partial charge in [-0.2, -0.15) is 0 Å². The molecule has 0 bridgehead atoms. The Labute approximate surface area is 192 Å². The van der Waals surface area contributed by atoms with Crippen molar-refractivity contribution in [3.05, 3.63) is 35.9 Å². The van der Waals surface area contributed by atoms with E-state index in [2.05, 4.69) is 12.2 Å². The number of alkyl carbamates (subject to hydrolysis) is 1. The predicted octanol–water partition coefficient (Wildman–Crippen LogP) is 5.25. The minimum absolute atomic E-state index is 0.149. The van der Waals surface area contributed by atoms with Gasteiger partial charge in [0.1, 0.15) is 18.2 Å². The topological polar surface area (TPSA) is 67.9 Å². The first kappa shape index (κ1) is 27.9. The van der Waals surface area contributed by atoms with Crippen molar-refractivity contribution in [2.45, 2.75) is 91.0 Å². The average molecular weight is 453 g/mol. The number of unbranched alkanes of at least 4 members (excludes halogenated alkanes) is 3. The Hall–Kier alpha value is -2.15. The molecule has 32 heavy (non-hydrogen) atoms. The number of ether oxygens (including phenoxy) is 2. The van der Waals surface area contributed by atoms with E-state index in [-0.39, 0.29) is 19.0 Å². The summed E-state index contributed by atoms with van der Waals surface area (Å²) in [5.41, 5.74) is 0.281. The van der Waals surface area contributed by atoms with Gasteiger partial charge in [0.05, 0.1) is 6.67 Å². The quantitative estimate of drug-likeness (QED) is 0.308. The molecule has 0 spiro atoms. The summed E-state index contributed by atoms with van der Waals surface area (Å²) in [6, 6.07) is 8.54. The maximum atomic E-state index is 13.2. The van der Waals surface area contributed by atoms with Crippen LogP contribution < -0.4 is 5.32 Å². The molecule has 0 radical (unpaired) electrons. The number of nitrogens with zero attached hydrogens (tertiary/aromatic N) is 1. The number of rotatable bonds is 14. The minimum Gasteiger partial charge on any atom is -0.460 e. The number of hydrogen-bond acceptors (Lipinski definition) is 5. The molecule has 0 unspecified atom stereocenters. The van der Waals surface area contributed by atoms with E-state index in [0.717, 1.165) is 31.2 Å². The fourth-order valence-electron chi connectivity index (χ4n) is 3.28. The number of benzene rings is 1. The summed E-state index contributed by atoms with van der Waals surface area (Å²) < 4.78 is 24.0. The number of esters is 1. The summed E-state index contributed by atoms with van der Waals surface area (Å²) in [7, 11) is 0. The van der Waals surface area contributed by atoms with E-state index in [1.165, 1.54) is 0 Å². The van der Waals surface area contributed by atoms with Gasteiger partial charge in [0, 0.05) is 12.6 Å². The molecule has 0 fully saturated rings. The summed E-state index contributed by atoms with van der Waals surface area (Å²) in [6.45, 7) is 9.92. The van der Waals surface area contributed by atoms with E-state index in [1.807, 2.05) is 35.2 Å². The molecule has 0 aromatic heterocycles. The standard InChI is InChI=1S/C25H41FN2O4/c1-6-7-8-12-17-28(18-22(15-16-26)27-24(30)32-25(3,4)5)20(2)23(29)31-19-21-13-10-9-11-14-21/h9-11,13-14,20,22H,6-8,12,15-19H2,1-5H3,(H,27,30)/t20-,22+/m0/s1. The zero-order valence-electron chi connectivity index (χ0n) is 20.4. The summed E-state index contributed by atoms with van der Waals surface area (Å²) in [5.74, 6) is -0.333. The van der Waals surface area contributed by atoms with Gasteiger partial charge < -0.3 is 14.8 Å². The normalized spacial score (nSPS) is 13.5. The van der Waals surface area contributed by atoms with Gasteiger partial charge in [-0.25, -0.2) is 4.79 Å². The molecule has 2 atom stereocenters. The molecule has 1 N–H and O–H groups in total. The van der Waals surface area contributed by atoms with Gasteiger partial charge in [0.15, 0.2) is 0 Å². The molecule has 1 aromatic rings. The Morgan fingerprint density at radius 1 is 1.12 bits per heavy atom. The summed E-state index contributed by atoms with van der Waals surface area (Å²) in [6.07, 6.45) is 3.76. The Morgan fingerprint density at radius 2 is 1.81 bits per heavy atom. The third-order valence-electron chi connectivity index (χ3n) is 5.04. The maximum Gasteiger partial charge on any atom is 0.407 e. The highest BCUT2D eigenvalue weighted by atomic mass is 19.1. The van der Waals surface area contributed by atoms with Gasteiger partial charge in [-0.15, -0.1) is 0 Å². The van der Waals surface area contributed by atoms with E-state index >= 15 is 0 Å². The highest BCUT2D eigenvalue weighted by Gasteiger charge is 2.27. The third-order valence-corrected chi connectivity index (χ3v) is 5.04. The fourth-order valence-corrected chi connectivity index (χ4v) is 3.28. The SMILES string of the molecule is CCCCCCN(C[C@@H](CCF)NC(=O)OC(C)(C)C)[C@@H](C)C(=O)OCc1ccccc1. The number of halogens is 1. The highest BCUT2D eigenvalue weighted by Crippen LogP contribution is 2.12. The Kier molecular flexibility index (Phi) is 12.9. The number of carbonyl (C=O) groups excluding carboxylic acids is 2. The lowest BCUT2D eigenvalue weighted by atomic mass is 10.1. The van der Waals surface area contributed by atoms with Crippen molar-refractivity contribution in [2.24, 2.45) is 0 Å². The van der Waals surface area contributed by atoms with Gasteiger partial charge >= 0.3 is 12.1 Å². The molecule has 0 aliphatic heterocycles. The number of carbonyl (C=O) groups is 2. The van der Waals surface area contributed by atoms with Gasteiger partial charge in [0.25, 0.3) is 0 Å². The van der Waals surface area contributed by atoms with Crippen molar-refractivity contribution in [1.29, 1.82) is 0 Å². The van der Waals surface area contributed by atoms with Crippen LogP contribution in [-0.2, 0) is 20.9 Å². The van der Waals surface area contributed by atoms with Crippen LogP contribution in [0, 0.1) is 0 Å². The van der Waals surface area contributed by atoms with Crippen LogP contribution in [0.4, 0.5) is 9.18 Å². The van der Waals surface area contributed by atoms with Gasteiger partial charge in [0.2, 0.25) is 0 Å². The molecular weight excluding hydrogens is 411 g/mol. The number of hydrogen-bond donors (Lipinski definition) is 1. The predicted molar refractivity (Wildman–Crippen MR) is 125 cm³/mol. The molecule has 7 heteroatoms. The van der Waals surface area contributed by atoms with Crippen LogP contribution in [0.25, 0.3) is 0 Å². The zero-order valence-corrected chi connectivity index (χ0v) is 20.4. The van der Waals surface area contributed by atoms with E-state index in [1.54, 1.807) is 27.7 Å². The maximum absolute atomic E-state index is 13.2. The molecule has 0 saturated heterocycles. The van der Waals surface area contributed by atoms with Gasteiger partial charge in [-0.1, -0.05) is 56.5 Å². The van der Waals surface area contributed by atoms with E-state index in [0.29, 0.717) is 13.1 Å². The van der Waals surface area contributed by atoms with Crippen LogP contribution in [-0.4, -0.2) is 54.4 Å². The lowest BCUT2D eigenvalue weighted by Crippen LogP contribution is -2.50. The molecule has 182 valence electrons. The Morgan fingerprint density at radius 3 is 2.41 bits per heavy atom. The van der Waals surface area contributed by atoms with Crippen LogP contribution in [0.2, 0.25) is 0 Å².